The fraction of sp³-hybridized carbons (Fsp3) is 0.429. The third-order valence-electron chi connectivity index (χ3n) is 5.76. The van der Waals surface area contributed by atoms with Crippen molar-refractivity contribution < 1.29 is 14.6 Å². The number of hydrogen-bond acceptors (Lipinski definition) is 4. The van der Waals surface area contributed by atoms with E-state index in [-0.39, 0.29) is 5.41 Å². The average molecular weight is 408 g/mol. The maximum absolute atomic E-state index is 9.79. The number of benzene rings is 2. The number of fused-ring (bicyclic) bond motifs is 2. The summed E-state index contributed by atoms with van der Waals surface area (Å²) in [7, 11) is 0. The Labute approximate surface area is 169 Å². The van der Waals surface area contributed by atoms with Crippen LogP contribution in [0.3, 0.4) is 0 Å². The Bertz CT molecular complexity index is 812. The zero-order valence-corrected chi connectivity index (χ0v) is 16.8. The van der Waals surface area contributed by atoms with Crippen molar-refractivity contribution in [3.63, 3.8) is 0 Å². The molecule has 1 fully saturated rings. The van der Waals surface area contributed by atoms with E-state index in [2.05, 4.69) is 11.0 Å². The summed E-state index contributed by atoms with van der Waals surface area (Å²) in [4.78, 5) is 2.11. The first kappa shape index (κ1) is 18.9. The van der Waals surface area contributed by atoms with Crippen molar-refractivity contribution in [3.05, 3.63) is 57.6 Å². The summed E-state index contributed by atoms with van der Waals surface area (Å²) in [6, 6.07) is 11.5. The summed E-state index contributed by atoms with van der Waals surface area (Å²) in [6.07, 6.45) is 1.58. The minimum atomic E-state index is -0.392. The first-order valence-electron chi connectivity index (χ1n) is 9.24. The van der Waals surface area contributed by atoms with Crippen molar-refractivity contribution >= 4 is 23.2 Å². The summed E-state index contributed by atoms with van der Waals surface area (Å²) < 4.78 is 11.9. The molecule has 1 spiro atoms. The van der Waals surface area contributed by atoms with E-state index in [1.807, 2.05) is 25.1 Å². The lowest BCUT2D eigenvalue weighted by molar-refractivity contribution is -0.0111. The van der Waals surface area contributed by atoms with Crippen molar-refractivity contribution in [2.75, 3.05) is 19.7 Å². The summed E-state index contributed by atoms with van der Waals surface area (Å²) in [5, 5.41) is 11.0. The molecule has 0 aromatic heterocycles. The van der Waals surface area contributed by atoms with Gasteiger partial charge in [0.2, 0.25) is 0 Å². The molecular weight excluding hydrogens is 385 g/mol. The maximum Gasteiger partial charge on any atom is 0.126 e. The predicted octanol–water partition coefficient (Wildman–Crippen LogP) is 4.64. The molecule has 0 radical (unpaired) electrons. The predicted molar refractivity (Wildman–Crippen MR) is 107 cm³/mol. The first-order valence-corrected chi connectivity index (χ1v) is 9.99. The Balaban J connectivity index is 1.47. The van der Waals surface area contributed by atoms with E-state index in [9.17, 15) is 5.11 Å². The molecular formula is C21H23Cl2NO3. The van der Waals surface area contributed by atoms with Crippen molar-refractivity contribution in [2.45, 2.75) is 38.0 Å². The van der Waals surface area contributed by atoms with Crippen LogP contribution in [0, 0.1) is 0 Å². The minimum absolute atomic E-state index is 0.0469. The lowest BCUT2D eigenvalue weighted by atomic mass is 9.74. The quantitative estimate of drug-likeness (QED) is 0.801. The van der Waals surface area contributed by atoms with Crippen LogP contribution in [0.5, 0.6) is 11.5 Å². The topological polar surface area (TPSA) is 41.9 Å². The zero-order chi connectivity index (χ0) is 19.0. The van der Waals surface area contributed by atoms with Crippen LogP contribution in [-0.2, 0) is 12.0 Å². The normalized spacial score (nSPS) is 19.6. The van der Waals surface area contributed by atoms with E-state index in [0.717, 1.165) is 43.0 Å². The number of halogens is 2. The van der Waals surface area contributed by atoms with E-state index < -0.39 is 6.23 Å². The Morgan fingerprint density at radius 3 is 2.56 bits per heavy atom. The van der Waals surface area contributed by atoms with Gasteiger partial charge in [-0.15, -0.1) is 0 Å². The molecule has 2 aliphatic rings. The van der Waals surface area contributed by atoms with Crippen molar-refractivity contribution in [3.8, 4) is 11.5 Å². The molecule has 2 aromatic rings. The van der Waals surface area contributed by atoms with Gasteiger partial charge in [-0.25, -0.2) is 0 Å². The van der Waals surface area contributed by atoms with Gasteiger partial charge in [0.1, 0.15) is 24.3 Å². The number of piperidine rings is 1. The van der Waals surface area contributed by atoms with Crippen molar-refractivity contribution in [1.29, 1.82) is 0 Å². The van der Waals surface area contributed by atoms with Crippen LogP contribution in [0.1, 0.15) is 30.9 Å². The highest BCUT2D eigenvalue weighted by molar-refractivity contribution is 6.35. The molecule has 27 heavy (non-hydrogen) atoms. The number of likely N-dealkylation sites (tertiary alicyclic amines) is 1. The fourth-order valence-electron chi connectivity index (χ4n) is 4.01. The molecule has 0 bridgehead atoms. The van der Waals surface area contributed by atoms with Crippen LogP contribution in [-0.4, -0.2) is 35.9 Å². The number of aliphatic hydroxyl groups is 1. The maximum atomic E-state index is 9.79. The number of hydrogen-bond donors (Lipinski definition) is 1. The molecule has 1 N–H and O–H groups in total. The molecule has 4 nitrogen and oxygen atoms in total. The number of aliphatic hydroxyl groups excluding tert-OH is 1. The van der Waals surface area contributed by atoms with Crippen LogP contribution < -0.4 is 9.47 Å². The van der Waals surface area contributed by atoms with Gasteiger partial charge in [-0.2, -0.15) is 0 Å². The molecule has 1 saturated heterocycles. The van der Waals surface area contributed by atoms with Gasteiger partial charge in [-0.1, -0.05) is 35.3 Å². The highest BCUT2D eigenvalue weighted by atomic mass is 35.5. The van der Waals surface area contributed by atoms with Crippen molar-refractivity contribution in [1.82, 2.24) is 4.90 Å². The summed E-state index contributed by atoms with van der Waals surface area (Å²) in [6.45, 7) is 4.58. The molecule has 0 saturated carbocycles. The van der Waals surface area contributed by atoms with Crippen LogP contribution in [0.2, 0.25) is 10.0 Å². The third-order valence-corrected chi connectivity index (χ3v) is 6.47. The van der Waals surface area contributed by atoms with Gasteiger partial charge >= 0.3 is 0 Å². The van der Waals surface area contributed by atoms with E-state index in [4.69, 9.17) is 32.7 Å². The van der Waals surface area contributed by atoms with E-state index in [1.54, 1.807) is 12.1 Å². The Hall–Kier alpha value is -1.46. The van der Waals surface area contributed by atoms with Crippen molar-refractivity contribution in [2.24, 2.45) is 0 Å². The second kappa shape index (κ2) is 7.51. The SMILES string of the molecule is CC(O)N1CCC2(CC1)COc1cc(OCc3c(Cl)cccc3Cl)ccc12. The fourth-order valence-corrected chi connectivity index (χ4v) is 4.52. The number of nitrogens with zero attached hydrogens (tertiary/aromatic N) is 1. The number of ether oxygens (including phenoxy) is 2. The monoisotopic (exact) mass is 407 g/mol. The molecule has 4 rings (SSSR count). The van der Waals surface area contributed by atoms with Crippen LogP contribution in [0.4, 0.5) is 0 Å². The largest absolute Gasteiger partial charge is 0.492 e. The first-order chi connectivity index (χ1) is 13.0. The highest BCUT2D eigenvalue weighted by Gasteiger charge is 2.43. The molecule has 2 aliphatic heterocycles. The van der Waals surface area contributed by atoms with Crippen LogP contribution in [0.15, 0.2) is 36.4 Å². The van der Waals surface area contributed by atoms with Gasteiger partial charge in [0, 0.05) is 45.7 Å². The summed E-state index contributed by atoms with van der Waals surface area (Å²) in [5.41, 5.74) is 2.07. The molecule has 144 valence electrons. The third kappa shape index (κ3) is 3.64. The van der Waals surface area contributed by atoms with E-state index in [1.165, 1.54) is 5.56 Å². The standard InChI is InChI=1S/C21H23Cl2NO3/c1-14(25)24-9-7-21(8-10-24)13-27-20-11-15(5-6-17(20)21)26-12-16-18(22)3-2-4-19(16)23/h2-6,11,14,25H,7-10,12-13H2,1H3. The van der Waals surface area contributed by atoms with Crippen LogP contribution >= 0.6 is 23.2 Å². The van der Waals surface area contributed by atoms with E-state index in [0.29, 0.717) is 23.3 Å². The molecule has 6 heteroatoms. The zero-order valence-electron chi connectivity index (χ0n) is 15.3. The highest BCUT2D eigenvalue weighted by Crippen LogP contribution is 2.47. The summed E-state index contributed by atoms with van der Waals surface area (Å²) >= 11 is 12.4. The lowest BCUT2D eigenvalue weighted by Crippen LogP contribution is -2.46. The minimum Gasteiger partial charge on any atom is -0.492 e. The molecule has 0 aliphatic carbocycles. The average Bonchev–Trinajstić information content (AvgIpc) is 2.99. The van der Waals surface area contributed by atoms with Gasteiger partial charge in [-0.05, 0) is 38.0 Å². The van der Waals surface area contributed by atoms with Gasteiger partial charge in [-0.3, -0.25) is 4.90 Å². The smallest absolute Gasteiger partial charge is 0.126 e. The molecule has 0 amide bonds. The van der Waals surface area contributed by atoms with Gasteiger partial charge in [0.15, 0.2) is 0 Å². The van der Waals surface area contributed by atoms with E-state index >= 15 is 0 Å². The molecule has 2 heterocycles. The van der Waals surface area contributed by atoms with Gasteiger partial charge in [0.25, 0.3) is 0 Å². The second-order valence-corrected chi connectivity index (χ2v) is 8.20. The Kier molecular flexibility index (Phi) is 5.26. The Morgan fingerprint density at radius 1 is 1.19 bits per heavy atom. The molecule has 1 atom stereocenters. The summed E-state index contributed by atoms with van der Waals surface area (Å²) in [5.74, 6) is 1.63. The lowest BCUT2D eigenvalue weighted by Gasteiger charge is -2.39. The molecule has 1 unspecified atom stereocenters. The Morgan fingerprint density at radius 2 is 1.89 bits per heavy atom. The second-order valence-electron chi connectivity index (χ2n) is 7.38. The van der Waals surface area contributed by atoms with Gasteiger partial charge in [0.05, 0.1) is 6.61 Å². The van der Waals surface area contributed by atoms with Gasteiger partial charge < -0.3 is 14.6 Å². The molecule has 2 aromatic carbocycles. The number of rotatable bonds is 4. The van der Waals surface area contributed by atoms with Crippen LogP contribution in [0.25, 0.3) is 0 Å².